The van der Waals surface area contributed by atoms with Crippen molar-refractivity contribution < 1.29 is 13.2 Å². The minimum atomic E-state index is -3.45. The summed E-state index contributed by atoms with van der Waals surface area (Å²) in [4.78, 5) is 18.1. The van der Waals surface area contributed by atoms with Crippen LogP contribution in [-0.2, 0) is 10.0 Å². The summed E-state index contributed by atoms with van der Waals surface area (Å²) in [5, 5.41) is 1.18. The zero-order chi connectivity index (χ0) is 20.4. The van der Waals surface area contributed by atoms with Crippen LogP contribution in [0.15, 0.2) is 60.8 Å². The molecule has 1 aliphatic rings. The lowest BCUT2D eigenvalue weighted by atomic mass is 9.98. The van der Waals surface area contributed by atoms with Crippen LogP contribution in [0, 0.1) is 0 Å². The number of nitrogens with one attached hydrogen (secondary N) is 2. The summed E-state index contributed by atoms with van der Waals surface area (Å²) in [5.41, 5.74) is 4.17. The lowest BCUT2D eigenvalue weighted by Gasteiger charge is -2.27. The average Bonchev–Trinajstić information content (AvgIpc) is 3.18. The van der Waals surface area contributed by atoms with E-state index in [9.17, 15) is 13.2 Å². The number of benzene rings is 2. The smallest absolute Gasteiger partial charge is 0.256 e. The predicted octanol–water partition coefficient (Wildman–Crippen LogP) is 3.86. The topological polar surface area (TPSA) is 82.3 Å². The first-order chi connectivity index (χ1) is 14.0. The molecule has 1 aliphatic heterocycles. The molecule has 1 amide bonds. The largest absolute Gasteiger partial charge is 0.361 e. The molecule has 0 unspecified atom stereocenters. The molecule has 0 saturated carbocycles. The predicted molar refractivity (Wildman–Crippen MR) is 116 cm³/mol. The molecule has 2 N–H and O–H groups in total. The van der Waals surface area contributed by atoms with Crippen LogP contribution in [0.4, 0.5) is 5.69 Å². The third kappa shape index (κ3) is 3.91. The van der Waals surface area contributed by atoms with Crippen LogP contribution in [0.2, 0.25) is 0 Å². The van der Waals surface area contributed by atoms with E-state index in [1.54, 1.807) is 36.1 Å². The first kappa shape index (κ1) is 19.3. The number of nitrogens with zero attached hydrogens (tertiary/aromatic N) is 1. The highest BCUT2D eigenvalue weighted by Gasteiger charge is 2.23. The molecule has 6 nitrogen and oxygen atoms in total. The molecule has 0 fully saturated rings. The van der Waals surface area contributed by atoms with Crippen LogP contribution in [0.5, 0.6) is 0 Å². The third-order valence-electron chi connectivity index (χ3n) is 5.23. The fourth-order valence-corrected chi connectivity index (χ4v) is 4.26. The van der Waals surface area contributed by atoms with Gasteiger partial charge in [-0.2, -0.15) is 0 Å². The normalized spacial score (nSPS) is 14.7. The van der Waals surface area contributed by atoms with Gasteiger partial charge in [-0.05, 0) is 37.1 Å². The van der Waals surface area contributed by atoms with Gasteiger partial charge in [0.25, 0.3) is 5.91 Å². The molecule has 29 heavy (non-hydrogen) atoms. The maximum absolute atomic E-state index is 13.1. The number of aromatic amines is 1. The van der Waals surface area contributed by atoms with Gasteiger partial charge in [-0.15, -0.1) is 0 Å². The maximum Gasteiger partial charge on any atom is 0.256 e. The molecule has 0 radical (unpaired) electrons. The Labute approximate surface area is 170 Å². The summed E-state index contributed by atoms with van der Waals surface area (Å²) in [7, 11) is -3.45. The lowest BCUT2D eigenvalue weighted by Crippen LogP contribution is -2.35. The summed E-state index contributed by atoms with van der Waals surface area (Å²) in [6.45, 7) is 2.63. The van der Waals surface area contributed by atoms with Crippen molar-refractivity contribution in [3.8, 4) is 0 Å². The summed E-state index contributed by atoms with van der Waals surface area (Å²) in [6.07, 6.45) is 4.84. The van der Waals surface area contributed by atoms with Gasteiger partial charge in [0.1, 0.15) is 0 Å². The van der Waals surface area contributed by atoms with Gasteiger partial charge in [0.15, 0.2) is 0 Å². The fourth-order valence-electron chi connectivity index (χ4n) is 3.60. The molecule has 2 heterocycles. The molecule has 0 spiro atoms. The molecule has 0 aliphatic carbocycles. The highest BCUT2D eigenvalue weighted by Crippen LogP contribution is 2.30. The highest BCUT2D eigenvalue weighted by atomic mass is 32.2. The van der Waals surface area contributed by atoms with Crippen LogP contribution in [0.3, 0.4) is 0 Å². The minimum Gasteiger partial charge on any atom is -0.361 e. The van der Waals surface area contributed by atoms with Crippen LogP contribution < -0.4 is 4.72 Å². The van der Waals surface area contributed by atoms with Gasteiger partial charge in [0.2, 0.25) is 10.0 Å². The van der Waals surface area contributed by atoms with Crippen LogP contribution in [0.1, 0.15) is 29.3 Å². The Morgan fingerprint density at radius 3 is 2.66 bits per heavy atom. The molecule has 1 aromatic heterocycles. The quantitative estimate of drug-likeness (QED) is 0.671. The number of para-hydroxylation sites is 2. The number of carbonyl (C=O) groups is 1. The number of amides is 1. The monoisotopic (exact) mass is 409 g/mol. The number of aromatic nitrogens is 1. The van der Waals surface area contributed by atoms with Gasteiger partial charge < -0.3 is 9.88 Å². The minimum absolute atomic E-state index is 0.0457. The van der Waals surface area contributed by atoms with Crippen LogP contribution in [0.25, 0.3) is 16.5 Å². The van der Waals surface area contributed by atoms with E-state index in [1.165, 1.54) is 16.5 Å². The number of hydrogen-bond acceptors (Lipinski definition) is 3. The summed E-state index contributed by atoms with van der Waals surface area (Å²) in [5.74, 6) is -0.218. The molecule has 0 saturated heterocycles. The lowest BCUT2D eigenvalue weighted by molar-refractivity contribution is 0.0774. The van der Waals surface area contributed by atoms with Gasteiger partial charge >= 0.3 is 0 Å². The van der Waals surface area contributed by atoms with Crippen LogP contribution in [-0.4, -0.2) is 43.1 Å². The zero-order valence-corrected chi connectivity index (χ0v) is 17.0. The van der Waals surface area contributed by atoms with Crippen molar-refractivity contribution in [2.45, 2.75) is 13.3 Å². The van der Waals surface area contributed by atoms with E-state index >= 15 is 0 Å². The van der Waals surface area contributed by atoms with E-state index in [1.807, 2.05) is 24.4 Å². The number of anilines is 1. The highest BCUT2D eigenvalue weighted by molar-refractivity contribution is 7.92. The summed E-state index contributed by atoms with van der Waals surface area (Å²) >= 11 is 0. The number of fused-ring (bicyclic) bond motifs is 1. The number of sulfonamides is 1. The maximum atomic E-state index is 13.1. The van der Waals surface area contributed by atoms with Gasteiger partial charge in [-0.1, -0.05) is 36.4 Å². The Hall–Kier alpha value is -3.06. The Morgan fingerprint density at radius 1 is 1.14 bits per heavy atom. The number of rotatable bonds is 5. The number of carbonyl (C=O) groups excluding carboxylic acids is 1. The summed E-state index contributed by atoms with van der Waals surface area (Å²) < 4.78 is 26.4. The molecule has 4 rings (SSSR count). The molecule has 150 valence electrons. The number of hydrogen-bond donors (Lipinski definition) is 2. The third-order valence-corrected chi connectivity index (χ3v) is 6.53. The standard InChI is InChI=1S/C22H23N3O3S/c1-2-29(27,28)24-21-10-6-4-8-18(21)22(26)25-13-11-16(12-14-25)19-15-23-20-9-5-3-7-17(19)20/h3-11,15,23-24H,2,12-14H2,1H3. The molecule has 2 aromatic carbocycles. The Morgan fingerprint density at radius 2 is 1.90 bits per heavy atom. The van der Waals surface area contributed by atoms with Crippen molar-refractivity contribution in [3.63, 3.8) is 0 Å². The fraction of sp³-hybridized carbons (Fsp3) is 0.227. The molecule has 7 heteroatoms. The second-order valence-corrected chi connectivity index (χ2v) is 9.04. The molecule has 0 atom stereocenters. The van der Waals surface area contributed by atoms with E-state index in [-0.39, 0.29) is 11.7 Å². The van der Waals surface area contributed by atoms with Crippen molar-refractivity contribution in [3.05, 3.63) is 71.9 Å². The van der Waals surface area contributed by atoms with Crippen molar-refractivity contribution in [1.82, 2.24) is 9.88 Å². The first-order valence-corrected chi connectivity index (χ1v) is 11.3. The second-order valence-electron chi connectivity index (χ2n) is 7.03. The van der Waals surface area contributed by atoms with E-state index in [0.717, 1.165) is 11.9 Å². The number of H-pyrrole nitrogens is 1. The Kier molecular flexibility index (Phi) is 5.15. The molecular weight excluding hydrogens is 386 g/mol. The van der Waals surface area contributed by atoms with Crippen molar-refractivity contribution >= 4 is 38.1 Å². The van der Waals surface area contributed by atoms with Crippen molar-refractivity contribution in [2.75, 3.05) is 23.6 Å². The molecular formula is C22H23N3O3S. The van der Waals surface area contributed by atoms with E-state index in [2.05, 4.69) is 21.8 Å². The van der Waals surface area contributed by atoms with Crippen molar-refractivity contribution in [1.29, 1.82) is 0 Å². The van der Waals surface area contributed by atoms with E-state index in [4.69, 9.17) is 0 Å². The zero-order valence-electron chi connectivity index (χ0n) is 16.2. The van der Waals surface area contributed by atoms with Gasteiger partial charge in [0.05, 0.1) is 17.0 Å². The van der Waals surface area contributed by atoms with E-state index < -0.39 is 10.0 Å². The SMILES string of the molecule is CCS(=O)(=O)Nc1ccccc1C(=O)N1CC=C(c2c[nH]c3ccccc23)CC1. The second kappa shape index (κ2) is 7.75. The van der Waals surface area contributed by atoms with Gasteiger partial charge in [-0.25, -0.2) is 8.42 Å². The first-order valence-electron chi connectivity index (χ1n) is 9.63. The van der Waals surface area contributed by atoms with E-state index in [0.29, 0.717) is 24.3 Å². The molecule has 0 bridgehead atoms. The van der Waals surface area contributed by atoms with Crippen molar-refractivity contribution in [2.24, 2.45) is 0 Å². The molecule has 3 aromatic rings. The Bertz CT molecular complexity index is 1190. The van der Waals surface area contributed by atoms with Gasteiger partial charge in [0, 0.05) is 35.8 Å². The average molecular weight is 410 g/mol. The summed E-state index contributed by atoms with van der Waals surface area (Å²) in [6, 6.07) is 14.9. The van der Waals surface area contributed by atoms with Gasteiger partial charge in [-0.3, -0.25) is 9.52 Å². The Balaban J connectivity index is 1.55. The van der Waals surface area contributed by atoms with Crippen LogP contribution >= 0.6 is 0 Å².